The predicted molar refractivity (Wildman–Crippen MR) is 86.9 cm³/mol. The summed E-state index contributed by atoms with van der Waals surface area (Å²) in [5.41, 5.74) is 0.265. The van der Waals surface area contributed by atoms with Crippen molar-refractivity contribution < 1.29 is 5.11 Å². The van der Waals surface area contributed by atoms with Crippen molar-refractivity contribution in [2.75, 3.05) is 0 Å². The zero-order chi connectivity index (χ0) is 15.7. The molecule has 1 aromatic heterocycles. The minimum atomic E-state index is -0.537. The van der Waals surface area contributed by atoms with E-state index in [9.17, 15) is 9.90 Å². The molecule has 0 aliphatic rings. The maximum atomic E-state index is 12.0. The summed E-state index contributed by atoms with van der Waals surface area (Å²) >= 11 is 11.7. The van der Waals surface area contributed by atoms with Crippen molar-refractivity contribution in [1.29, 1.82) is 0 Å². The summed E-state index contributed by atoms with van der Waals surface area (Å²) in [6.07, 6.45) is 0. The maximum Gasteiger partial charge on any atom is 0.280 e. The maximum absolute atomic E-state index is 12.0. The number of H-pyrrole nitrogens is 1. The highest BCUT2D eigenvalue weighted by molar-refractivity contribution is 6.31. The van der Waals surface area contributed by atoms with Crippen molar-refractivity contribution in [3.63, 3.8) is 0 Å². The second-order valence-electron chi connectivity index (χ2n) is 4.52. The van der Waals surface area contributed by atoms with Gasteiger partial charge in [0.15, 0.2) is 11.4 Å². The molecule has 0 atom stereocenters. The first-order chi connectivity index (χ1) is 10.5. The fourth-order valence-electron chi connectivity index (χ4n) is 1.95. The van der Waals surface area contributed by atoms with Gasteiger partial charge >= 0.3 is 0 Å². The Hall–Kier alpha value is -2.37. The molecule has 0 fully saturated rings. The van der Waals surface area contributed by atoms with Crippen LogP contribution in [0.5, 0.6) is 5.75 Å². The lowest BCUT2D eigenvalue weighted by molar-refractivity contribution is 0.481. The van der Waals surface area contributed by atoms with Crippen LogP contribution in [-0.2, 0) is 0 Å². The van der Waals surface area contributed by atoms with Crippen molar-refractivity contribution in [3.8, 4) is 5.75 Å². The summed E-state index contributed by atoms with van der Waals surface area (Å²) < 4.78 is 0. The Labute approximate surface area is 134 Å². The standard InChI is InChI=1S/C15H9Cl2N3O2/c16-8-1-4-10(5-2-8)19-20-13-14(21)11-7-9(17)3-6-12(11)18-15(13)22/h1-7H,(H2,18,21,22). The monoisotopic (exact) mass is 333 g/mol. The molecule has 0 saturated heterocycles. The van der Waals surface area contributed by atoms with E-state index in [1.54, 1.807) is 42.5 Å². The van der Waals surface area contributed by atoms with Gasteiger partial charge in [-0.05, 0) is 42.5 Å². The van der Waals surface area contributed by atoms with Crippen molar-refractivity contribution in [3.05, 3.63) is 62.9 Å². The van der Waals surface area contributed by atoms with Crippen LogP contribution in [0.4, 0.5) is 11.4 Å². The molecule has 0 amide bonds. The van der Waals surface area contributed by atoms with Crippen molar-refractivity contribution in [2.45, 2.75) is 0 Å². The fourth-order valence-corrected chi connectivity index (χ4v) is 2.24. The van der Waals surface area contributed by atoms with Crippen LogP contribution in [-0.4, -0.2) is 10.1 Å². The van der Waals surface area contributed by atoms with E-state index in [-0.39, 0.29) is 11.4 Å². The summed E-state index contributed by atoms with van der Waals surface area (Å²) in [7, 11) is 0. The Morgan fingerprint density at radius 2 is 1.64 bits per heavy atom. The molecule has 3 rings (SSSR count). The van der Waals surface area contributed by atoms with Crippen molar-refractivity contribution >= 4 is 45.5 Å². The van der Waals surface area contributed by atoms with Crippen LogP contribution in [0.15, 0.2) is 57.5 Å². The first kappa shape index (κ1) is 14.6. The molecular formula is C15H9Cl2N3O2. The third-order valence-corrected chi connectivity index (χ3v) is 3.50. The Morgan fingerprint density at radius 1 is 0.955 bits per heavy atom. The number of fused-ring (bicyclic) bond motifs is 1. The number of halogens is 2. The van der Waals surface area contributed by atoms with Crippen LogP contribution in [0.25, 0.3) is 10.9 Å². The number of rotatable bonds is 2. The molecule has 0 saturated carbocycles. The SMILES string of the molecule is O=c1[nH]c2ccc(Cl)cc2c(O)c1N=Nc1ccc(Cl)cc1. The molecule has 2 aromatic carbocycles. The third kappa shape index (κ3) is 2.81. The van der Waals surface area contributed by atoms with E-state index in [0.717, 1.165) is 0 Å². The summed E-state index contributed by atoms with van der Waals surface area (Å²) in [5, 5.41) is 19.4. The number of benzene rings is 2. The highest BCUT2D eigenvalue weighted by Crippen LogP contribution is 2.32. The van der Waals surface area contributed by atoms with Crippen LogP contribution in [0.3, 0.4) is 0 Å². The molecule has 7 heteroatoms. The van der Waals surface area contributed by atoms with Gasteiger partial charge in [0, 0.05) is 15.4 Å². The van der Waals surface area contributed by atoms with E-state index in [1.807, 2.05) is 0 Å². The summed E-state index contributed by atoms with van der Waals surface area (Å²) in [6, 6.07) is 11.4. The van der Waals surface area contributed by atoms with Crippen LogP contribution in [0.2, 0.25) is 10.0 Å². The molecule has 2 N–H and O–H groups in total. The van der Waals surface area contributed by atoms with Crippen LogP contribution >= 0.6 is 23.2 Å². The van der Waals surface area contributed by atoms with Crippen LogP contribution in [0.1, 0.15) is 0 Å². The van der Waals surface area contributed by atoms with Gasteiger partial charge < -0.3 is 10.1 Å². The first-order valence-electron chi connectivity index (χ1n) is 6.26. The summed E-state index contributed by atoms with van der Waals surface area (Å²) in [4.78, 5) is 14.6. The minimum absolute atomic E-state index is 0.176. The number of nitrogens with one attached hydrogen (secondary N) is 1. The Balaban J connectivity index is 2.10. The van der Waals surface area contributed by atoms with Gasteiger partial charge in [-0.3, -0.25) is 4.79 Å². The molecule has 0 bridgehead atoms. The highest BCUT2D eigenvalue weighted by Gasteiger charge is 2.11. The first-order valence-corrected chi connectivity index (χ1v) is 7.02. The topological polar surface area (TPSA) is 77.8 Å². The number of aromatic hydroxyl groups is 1. The van der Waals surface area contributed by atoms with Gasteiger partial charge in [0.2, 0.25) is 0 Å². The molecule has 22 heavy (non-hydrogen) atoms. The molecule has 110 valence electrons. The van der Waals surface area contributed by atoms with Crippen molar-refractivity contribution in [2.24, 2.45) is 10.2 Å². The highest BCUT2D eigenvalue weighted by atomic mass is 35.5. The smallest absolute Gasteiger partial charge is 0.280 e. The van der Waals surface area contributed by atoms with E-state index in [4.69, 9.17) is 23.2 Å². The molecular weight excluding hydrogens is 325 g/mol. The largest absolute Gasteiger partial charge is 0.505 e. The Bertz CT molecular complexity index is 934. The molecule has 0 spiro atoms. The summed E-state index contributed by atoms with van der Waals surface area (Å²) in [6.45, 7) is 0. The molecule has 3 aromatic rings. The van der Waals surface area contributed by atoms with Gasteiger partial charge in [0.05, 0.1) is 11.2 Å². The second-order valence-corrected chi connectivity index (χ2v) is 5.39. The number of hydrogen-bond donors (Lipinski definition) is 2. The molecule has 5 nitrogen and oxygen atoms in total. The fraction of sp³-hybridized carbons (Fsp3) is 0. The van der Waals surface area contributed by atoms with Crippen LogP contribution < -0.4 is 5.56 Å². The summed E-state index contributed by atoms with van der Waals surface area (Å²) in [5.74, 6) is -0.265. The Kier molecular flexibility index (Phi) is 3.83. The molecule has 0 unspecified atom stereocenters. The molecule has 0 aliphatic heterocycles. The quantitative estimate of drug-likeness (QED) is 0.650. The van der Waals surface area contributed by atoms with E-state index in [2.05, 4.69) is 15.2 Å². The van der Waals surface area contributed by atoms with E-state index in [0.29, 0.717) is 26.6 Å². The average Bonchev–Trinajstić information content (AvgIpc) is 2.50. The zero-order valence-electron chi connectivity index (χ0n) is 11.0. The lowest BCUT2D eigenvalue weighted by Gasteiger charge is -2.03. The van der Waals surface area contributed by atoms with Gasteiger partial charge in [-0.25, -0.2) is 0 Å². The second kappa shape index (κ2) is 5.79. The number of aromatic nitrogens is 1. The molecule has 0 radical (unpaired) electrons. The zero-order valence-corrected chi connectivity index (χ0v) is 12.6. The van der Waals surface area contributed by atoms with Crippen LogP contribution in [0, 0.1) is 0 Å². The van der Waals surface area contributed by atoms with Crippen molar-refractivity contribution in [1.82, 2.24) is 4.98 Å². The van der Waals surface area contributed by atoms with Gasteiger partial charge in [0.25, 0.3) is 5.56 Å². The van der Waals surface area contributed by atoms with E-state index < -0.39 is 5.56 Å². The van der Waals surface area contributed by atoms with Gasteiger partial charge in [-0.2, -0.15) is 5.11 Å². The molecule has 1 heterocycles. The number of aromatic amines is 1. The van der Waals surface area contributed by atoms with E-state index in [1.165, 1.54) is 0 Å². The molecule has 0 aliphatic carbocycles. The number of nitrogens with zero attached hydrogens (tertiary/aromatic N) is 2. The van der Waals surface area contributed by atoms with Gasteiger partial charge in [-0.15, -0.1) is 5.11 Å². The minimum Gasteiger partial charge on any atom is -0.505 e. The van der Waals surface area contributed by atoms with Gasteiger partial charge in [0.1, 0.15) is 0 Å². The third-order valence-electron chi connectivity index (χ3n) is 3.02. The normalized spacial score (nSPS) is 11.4. The van der Waals surface area contributed by atoms with Gasteiger partial charge in [-0.1, -0.05) is 23.2 Å². The lowest BCUT2D eigenvalue weighted by atomic mass is 10.2. The van der Waals surface area contributed by atoms with E-state index >= 15 is 0 Å². The lowest BCUT2D eigenvalue weighted by Crippen LogP contribution is -2.05. The predicted octanol–water partition coefficient (Wildman–Crippen LogP) is 4.96. The Morgan fingerprint density at radius 3 is 2.36 bits per heavy atom. The number of hydrogen-bond acceptors (Lipinski definition) is 4. The number of azo groups is 1. The average molecular weight is 334 g/mol. The number of pyridine rings is 1.